The quantitative estimate of drug-likeness (QED) is 0.181. The zero-order valence-corrected chi connectivity index (χ0v) is 29.1. The van der Waals surface area contributed by atoms with Crippen molar-refractivity contribution in [2.45, 2.75) is 0 Å². The number of para-hydroxylation sites is 3. The summed E-state index contributed by atoms with van der Waals surface area (Å²) in [6.07, 6.45) is 0. The predicted octanol–water partition coefficient (Wildman–Crippen LogP) is 12.2. The van der Waals surface area contributed by atoms with Gasteiger partial charge in [-0.15, -0.1) is 0 Å². The molecular formula is C49H31N5. The molecule has 0 amide bonds. The van der Waals surface area contributed by atoms with Crippen LogP contribution < -0.4 is 0 Å². The third-order valence-corrected chi connectivity index (χ3v) is 10.5. The Kier molecular flexibility index (Phi) is 6.79. The van der Waals surface area contributed by atoms with Crippen molar-refractivity contribution in [3.63, 3.8) is 0 Å². The fourth-order valence-electron chi connectivity index (χ4n) is 8.03. The van der Waals surface area contributed by atoms with Crippen LogP contribution in [0.2, 0.25) is 0 Å². The topological polar surface area (TPSA) is 48.0 Å². The van der Waals surface area contributed by atoms with Gasteiger partial charge in [-0.1, -0.05) is 146 Å². The zero-order valence-electron chi connectivity index (χ0n) is 29.1. The number of fused-ring (bicyclic) bond motifs is 10. The van der Waals surface area contributed by atoms with Crippen molar-refractivity contribution in [2.24, 2.45) is 0 Å². The summed E-state index contributed by atoms with van der Waals surface area (Å²) in [7, 11) is 0. The normalized spacial score (nSPS) is 11.7. The van der Waals surface area contributed by atoms with Crippen molar-refractivity contribution in [1.29, 1.82) is 0 Å². The minimum Gasteiger partial charge on any atom is -0.295 e. The van der Waals surface area contributed by atoms with Crippen LogP contribution in [0.4, 0.5) is 0 Å². The van der Waals surface area contributed by atoms with Crippen LogP contribution in [0, 0.1) is 0 Å². The van der Waals surface area contributed by atoms with E-state index in [0.717, 1.165) is 78.1 Å². The first kappa shape index (κ1) is 30.3. The number of nitrogens with zero attached hydrogens (tertiary/aromatic N) is 5. The molecule has 0 aliphatic heterocycles. The van der Waals surface area contributed by atoms with Crippen molar-refractivity contribution in [1.82, 2.24) is 23.9 Å². The van der Waals surface area contributed by atoms with E-state index in [1.807, 2.05) is 36.4 Å². The van der Waals surface area contributed by atoms with Crippen molar-refractivity contribution in [2.75, 3.05) is 0 Å². The SMILES string of the molecule is c1ccc(-c2cc(-c3ccccc3)nc(-c3cccc(-c4cccc(-n5c6ccccc6c6c7ccccc7c7nc8ccccc8n7c65)c4)c3)n2)cc1. The zero-order chi connectivity index (χ0) is 35.6. The lowest BCUT2D eigenvalue weighted by molar-refractivity contribution is 1.12. The molecule has 0 bridgehead atoms. The summed E-state index contributed by atoms with van der Waals surface area (Å²) in [4.78, 5) is 15.4. The van der Waals surface area contributed by atoms with Gasteiger partial charge in [0.1, 0.15) is 11.3 Å². The first-order chi connectivity index (χ1) is 26.8. The highest BCUT2D eigenvalue weighted by atomic mass is 15.1. The summed E-state index contributed by atoms with van der Waals surface area (Å²) in [5, 5.41) is 4.76. The number of pyridine rings is 1. The van der Waals surface area contributed by atoms with Gasteiger partial charge in [0, 0.05) is 38.5 Å². The first-order valence-electron chi connectivity index (χ1n) is 18.2. The largest absolute Gasteiger partial charge is 0.295 e. The van der Waals surface area contributed by atoms with Gasteiger partial charge in [0.05, 0.1) is 27.9 Å². The third kappa shape index (κ3) is 4.76. The van der Waals surface area contributed by atoms with E-state index in [0.29, 0.717) is 5.82 Å². The highest BCUT2D eigenvalue weighted by Gasteiger charge is 2.21. The smallest absolute Gasteiger partial charge is 0.160 e. The van der Waals surface area contributed by atoms with Gasteiger partial charge < -0.3 is 0 Å². The molecule has 0 fully saturated rings. The lowest BCUT2D eigenvalue weighted by atomic mass is 10.0. The van der Waals surface area contributed by atoms with Crippen LogP contribution in [0.15, 0.2) is 188 Å². The van der Waals surface area contributed by atoms with Crippen LogP contribution in [-0.4, -0.2) is 23.9 Å². The van der Waals surface area contributed by atoms with Crippen molar-refractivity contribution in [3.8, 4) is 50.7 Å². The second kappa shape index (κ2) is 12.1. The molecule has 0 N–H and O–H groups in total. The van der Waals surface area contributed by atoms with Crippen molar-refractivity contribution >= 4 is 49.4 Å². The monoisotopic (exact) mass is 689 g/mol. The van der Waals surface area contributed by atoms with E-state index in [1.165, 1.54) is 16.2 Å². The van der Waals surface area contributed by atoms with Crippen LogP contribution in [0.5, 0.6) is 0 Å². The molecule has 4 heterocycles. The van der Waals surface area contributed by atoms with Crippen molar-refractivity contribution in [3.05, 3.63) is 188 Å². The molecule has 252 valence electrons. The maximum absolute atomic E-state index is 5.19. The fraction of sp³-hybridized carbons (Fsp3) is 0. The van der Waals surface area contributed by atoms with E-state index in [4.69, 9.17) is 15.0 Å². The van der Waals surface area contributed by atoms with Crippen LogP contribution >= 0.6 is 0 Å². The summed E-state index contributed by atoms with van der Waals surface area (Å²) in [5.41, 5.74) is 13.4. The molecule has 0 aliphatic carbocycles. The van der Waals surface area contributed by atoms with Gasteiger partial charge in [-0.25, -0.2) is 15.0 Å². The Morgan fingerprint density at radius 3 is 1.67 bits per heavy atom. The Bertz CT molecular complexity index is 3160. The average Bonchev–Trinajstić information content (AvgIpc) is 3.81. The summed E-state index contributed by atoms with van der Waals surface area (Å²) in [5.74, 6) is 0.692. The van der Waals surface area contributed by atoms with E-state index in [-0.39, 0.29) is 0 Å². The number of benzene rings is 7. The standard InChI is InChI=1S/C49H31N5/c1-3-15-32(16-4-1)42-31-43(33-17-5-2-6-18-33)51-47(50-42)36-21-13-19-34(29-36)35-20-14-22-37(30-35)53-44-27-11-9-25-40(44)46-38-23-7-8-24-39(38)48-52-41-26-10-12-28-45(41)54(48)49(46)53/h1-31H. The van der Waals surface area contributed by atoms with Crippen LogP contribution in [0.3, 0.4) is 0 Å². The molecule has 5 heteroatoms. The maximum Gasteiger partial charge on any atom is 0.160 e. The Balaban J connectivity index is 1.12. The molecule has 0 radical (unpaired) electrons. The molecule has 0 saturated heterocycles. The van der Waals surface area contributed by atoms with E-state index in [9.17, 15) is 0 Å². The summed E-state index contributed by atoms with van der Waals surface area (Å²) >= 11 is 0. The molecule has 11 aromatic rings. The van der Waals surface area contributed by atoms with Crippen molar-refractivity contribution < 1.29 is 0 Å². The molecule has 0 aliphatic rings. The summed E-state index contributed by atoms with van der Waals surface area (Å²) in [6, 6.07) is 66.0. The summed E-state index contributed by atoms with van der Waals surface area (Å²) in [6.45, 7) is 0. The Labute approximate surface area is 311 Å². The molecule has 7 aromatic carbocycles. The van der Waals surface area contributed by atoms with Gasteiger partial charge in [0.15, 0.2) is 5.82 Å². The van der Waals surface area contributed by atoms with E-state index in [2.05, 4.69) is 161 Å². The molecule has 0 unspecified atom stereocenters. The Morgan fingerprint density at radius 1 is 0.370 bits per heavy atom. The number of rotatable bonds is 5. The first-order valence-corrected chi connectivity index (χ1v) is 18.2. The molecule has 4 aromatic heterocycles. The van der Waals surface area contributed by atoms with Gasteiger partial charge in [-0.2, -0.15) is 0 Å². The second-order valence-corrected chi connectivity index (χ2v) is 13.7. The second-order valence-electron chi connectivity index (χ2n) is 13.7. The highest BCUT2D eigenvalue weighted by molar-refractivity contribution is 6.24. The molecule has 11 rings (SSSR count). The maximum atomic E-state index is 5.19. The Morgan fingerprint density at radius 2 is 0.926 bits per heavy atom. The van der Waals surface area contributed by atoms with Gasteiger partial charge in [-0.05, 0) is 59.0 Å². The summed E-state index contributed by atoms with van der Waals surface area (Å²) < 4.78 is 4.76. The molecule has 0 spiro atoms. The molecule has 0 atom stereocenters. The predicted molar refractivity (Wildman–Crippen MR) is 222 cm³/mol. The minimum atomic E-state index is 0.692. The van der Waals surface area contributed by atoms with Gasteiger partial charge in [0.2, 0.25) is 0 Å². The average molecular weight is 690 g/mol. The highest BCUT2D eigenvalue weighted by Crippen LogP contribution is 2.40. The van der Waals surface area contributed by atoms with E-state index >= 15 is 0 Å². The number of aromatic nitrogens is 5. The number of hydrogen-bond acceptors (Lipinski definition) is 3. The number of hydrogen-bond donors (Lipinski definition) is 0. The van der Waals surface area contributed by atoms with Gasteiger partial charge >= 0.3 is 0 Å². The molecule has 54 heavy (non-hydrogen) atoms. The number of imidazole rings is 1. The molecule has 0 saturated carbocycles. The van der Waals surface area contributed by atoms with E-state index in [1.54, 1.807) is 0 Å². The minimum absolute atomic E-state index is 0.692. The van der Waals surface area contributed by atoms with Crippen LogP contribution in [-0.2, 0) is 0 Å². The lowest BCUT2D eigenvalue weighted by Gasteiger charge is -2.13. The molecular weight excluding hydrogens is 659 g/mol. The Hall–Kier alpha value is -7.37. The van der Waals surface area contributed by atoms with Crippen LogP contribution in [0.1, 0.15) is 0 Å². The van der Waals surface area contributed by atoms with Gasteiger partial charge in [-0.3, -0.25) is 8.97 Å². The fourth-order valence-corrected chi connectivity index (χ4v) is 8.03. The lowest BCUT2D eigenvalue weighted by Crippen LogP contribution is -2.00. The molecule has 5 nitrogen and oxygen atoms in total. The van der Waals surface area contributed by atoms with E-state index < -0.39 is 0 Å². The van der Waals surface area contributed by atoms with Gasteiger partial charge in [0.25, 0.3) is 0 Å². The van der Waals surface area contributed by atoms with Crippen LogP contribution in [0.25, 0.3) is 100 Å². The third-order valence-electron chi connectivity index (χ3n) is 10.5.